The smallest absolute Gasteiger partial charge is 0.193 e. The summed E-state index contributed by atoms with van der Waals surface area (Å²) in [5.41, 5.74) is 0.801. The molecule has 0 radical (unpaired) electrons. The van der Waals surface area contributed by atoms with E-state index in [0.29, 0.717) is 13.2 Å². The Kier molecular flexibility index (Phi) is 11.3. The van der Waals surface area contributed by atoms with Crippen molar-refractivity contribution in [2.75, 3.05) is 40.4 Å². The highest BCUT2D eigenvalue weighted by Gasteiger charge is 2.10. The highest BCUT2D eigenvalue weighted by molar-refractivity contribution is 14.0. The van der Waals surface area contributed by atoms with Crippen LogP contribution in [0.5, 0.6) is 11.5 Å². The van der Waals surface area contributed by atoms with Crippen LogP contribution < -0.4 is 14.8 Å². The van der Waals surface area contributed by atoms with E-state index in [1.165, 1.54) is 0 Å². The van der Waals surface area contributed by atoms with E-state index in [1.54, 1.807) is 31.6 Å². The molecule has 1 aromatic heterocycles. The fraction of sp³-hybridized carbons (Fsp3) is 0.400. The molecule has 0 fully saturated rings. The molecule has 28 heavy (non-hydrogen) atoms. The Hall–Kier alpha value is -2.07. The molecule has 2 aromatic rings. The monoisotopic (exact) mass is 500 g/mol. The van der Waals surface area contributed by atoms with Gasteiger partial charge in [0, 0.05) is 26.0 Å². The minimum atomic E-state index is -0.661. The molecule has 1 atom stereocenters. The number of pyridine rings is 1. The molecule has 0 amide bonds. The van der Waals surface area contributed by atoms with Crippen molar-refractivity contribution in [3.05, 3.63) is 54.4 Å². The van der Waals surface area contributed by atoms with Crippen LogP contribution in [-0.4, -0.2) is 61.3 Å². The summed E-state index contributed by atoms with van der Waals surface area (Å²) in [4.78, 5) is 10.5. The molecule has 0 aliphatic rings. The van der Waals surface area contributed by atoms with E-state index in [4.69, 9.17) is 9.47 Å². The van der Waals surface area contributed by atoms with Crippen molar-refractivity contribution in [3.63, 3.8) is 0 Å². The summed E-state index contributed by atoms with van der Waals surface area (Å²) in [6.45, 7) is 4.20. The number of rotatable bonds is 9. The summed E-state index contributed by atoms with van der Waals surface area (Å²) in [5.74, 6) is 2.32. The molecule has 0 aliphatic heterocycles. The van der Waals surface area contributed by atoms with Gasteiger partial charge in [-0.15, -0.1) is 24.0 Å². The van der Waals surface area contributed by atoms with Crippen molar-refractivity contribution in [1.29, 1.82) is 0 Å². The first-order valence-corrected chi connectivity index (χ1v) is 8.98. The average molecular weight is 500 g/mol. The summed E-state index contributed by atoms with van der Waals surface area (Å²) in [5, 5.41) is 13.5. The van der Waals surface area contributed by atoms with E-state index in [2.05, 4.69) is 15.3 Å². The van der Waals surface area contributed by atoms with Crippen LogP contribution in [0.1, 0.15) is 18.6 Å². The number of aliphatic imine (C=N–C) groups is 1. The van der Waals surface area contributed by atoms with Crippen LogP contribution >= 0.6 is 24.0 Å². The second-order valence-electron chi connectivity index (χ2n) is 5.94. The Morgan fingerprint density at radius 1 is 1.18 bits per heavy atom. The van der Waals surface area contributed by atoms with Gasteiger partial charge in [0.15, 0.2) is 5.96 Å². The molecule has 2 rings (SSSR count). The number of nitrogens with zero attached hydrogens (tertiary/aromatic N) is 3. The summed E-state index contributed by atoms with van der Waals surface area (Å²) < 4.78 is 10.9. The lowest BCUT2D eigenvalue weighted by molar-refractivity contribution is 0.186. The van der Waals surface area contributed by atoms with Gasteiger partial charge < -0.3 is 24.8 Å². The van der Waals surface area contributed by atoms with E-state index >= 15 is 0 Å². The SMILES string of the molecule is CCNC(=NCC(O)c1ccncc1)N(C)CCOc1ccc(OC)cc1.I. The number of methoxy groups -OCH3 is 1. The molecular weight excluding hydrogens is 471 g/mol. The molecule has 0 saturated heterocycles. The van der Waals surface area contributed by atoms with Crippen molar-refractivity contribution < 1.29 is 14.6 Å². The van der Waals surface area contributed by atoms with Crippen LogP contribution in [0.3, 0.4) is 0 Å². The quantitative estimate of drug-likeness (QED) is 0.313. The molecule has 154 valence electrons. The predicted molar refractivity (Wildman–Crippen MR) is 122 cm³/mol. The number of benzene rings is 1. The molecule has 1 aromatic carbocycles. The van der Waals surface area contributed by atoms with E-state index in [-0.39, 0.29) is 30.5 Å². The van der Waals surface area contributed by atoms with Gasteiger partial charge in [0.2, 0.25) is 0 Å². The topological polar surface area (TPSA) is 79.2 Å². The number of aliphatic hydroxyl groups excluding tert-OH is 1. The van der Waals surface area contributed by atoms with Crippen molar-refractivity contribution in [3.8, 4) is 11.5 Å². The van der Waals surface area contributed by atoms with Crippen LogP contribution in [-0.2, 0) is 0 Å². The van der Waals surface area contributed by atoms with Crippen molar-refractivity contribution in [2.24, 2.45) is 4.99 Å². The maximum atomic E-state index is 10.3. The average Bonchev–Trinajstić information content (AvgIpc) is 2.72. The third-order valence-electron chi connectivity index (χ3n) is 3.96. The fourth-order valence-electron chi connectivity index (χ4n) is 2.41. The predicted octanol–water partition coefficient (Wildman–Crippen LogP) is 2.72. The van der Waals surface area contributed by atoms with E-state index in [1.807, 2.05) is 43.1 Å². The van der Waals surface area contributed by atoms with Crippen LogP contribution in [0, 0.1) is 0 Å². The van der Waals surface area contributed by atoms with Gasteiger partial charge in [-0.25, -0.2) is 0 Å². The van der Waals surface area contributed by atoms with E-state index in [0.717, 1.165) is 29.6 Å². The molecule has 1 heterocycles. The van der Waals surface area contributed by atoms with Crippen LogP contribution in [0.25, 0.3) is 0 Å². The molecular formula is C20H29IN4O3. The first kappa shape index (κ1) is 24.0. The van der Waals surface area contributed by atoms with Gasteiger partial charge in [-0.05, 0) is 48.9 Å². The summed E-state index contributed by atoms with van der Waals surface area (Å²) in [6, 6.07) is 11.1. The minimum Gasteiger partial charge on any atom is -0.497 e. The Labute approximate surface area is 183 Å². The molecule has 0 bridgehead atoms. The second kappa shape index (κ2) is 13.2. The van der Waals surface area contributed by atoms with Crippen LogP contribution in [0.4, 0.5) is 0 Å². The summed E-state index contributed by atoms with van der Waals surface area (Å²) >= 11 is 0. The maximum Gasteiger partial charge on any atom is 0.193 e. The number of hydrogen-bond donors (Lipinski definition) is 2. The van der Waals surface area contributed by atoms with Gasteiger partial charge in [0.05, 0.1) is 26.3 Å². The van der Waals surface area contributed by atoms with E-state index < -0.39 is 6.10 Å². The van der Waals surface area contributed by atoms with Crippen LogP contribution in [0.2, 0.25) is 0 Å². The zero-order valence-electron chi connectivity index (χ0n) is 16.5. The number of aliphatic hydroxyl groups is 1. The summed E-state index contributed by atoms with van der Waals surface area (Å²) in [7, 11) is 3.58. The standard InChI is InChI=1S/C20H28N4O3.HI/c1-4-22-20(23-15-19(25)16-9-11-21-12-10-16)24(2)13-14-27-18-7-5-17(26-3)6-8-18;/h5-12,19,25H,4,13-15H2,1-3H3,(H,22,23);1H. The number of ether oxygens (including phenoxy) is 2. The largest absolute Gasteiger partial charge is 0.497 e. The number of guanidine groups is 1. The van der Waals surface area contributed by atoms with E-state index in [9.17, 15) is 5.11 Å². The van der Waals surface area contributed by atoms with Gasteiger partial charge in [-0.1, -0.05) is 0 Å². The Bertz CT molecular complexity index is 698. The molecule has 8 heteroatoms. The van der Waals surface area contributed by atoms with Gasteiger partial charge in [-0.2, -0.15) is 0 Å². The minimum absolute atomic E-state index is 0. The third kappa shape index (κ3) is 7.89. The Morgan fingerprint density at radius 3 is 2.43 bits per heavy atom. The zero-order valence-corrected chi connectivity index (χ0v) is 18.9. The molecule has 7 nitrogen and oxygen atoms in total. The third-order valence-corrected chi connectivity index (χ3v) is 3.96. The van der Waals surface area contributed by atoms with Gasteiger partial charge >= 0.3 is 0 Å². The highest BCUT2D eigenvalue weighted by atomic mass is 127. The van der Waals surface area contributed by atoms with Crippen molar-refractivity contribution in [1.82, 2.24) is 15.2 Å². The lowest BCUT2D eigenvalue weighted by atomic mass is 10.1. The lowest BCUT2D eigenvalue weighted by Gasteiger charge is -2.22. The van der Waals surface area contributed by atoms with Crippen molar-refractivity contribution in [2.45, 2.75) is 13.0 Å². The number of nitrogens with one attached hydrogen (secondary N) is 1. The first-order valence-electron chi connectivity index (χ1n) is 8.98. The lowest BCUT2D eigenvalue weighted by Crippen LogP contribution is -2.41. The second-order valence-corrected chi connectivity index (χ2v) is 5.94. The number of halogens is 1. The fourth-order valence-corrected chi connectivity index (χ4v) is 2.41. The number of aromatic nitrogens is 1. The maximum absolute atomic E-state index is 10.3. The highest BCUT2D eigenvalue weighted by Crippen LogP contribution is 2.17. The molecule has 0 saturated carbocycles. The van der Waals surface area contributed by atoms with Gasteiger partial charge in [0.1, 0.15) is 18.1 Å². The van der Waals surface area contributed by atoms with Gasteiger partial charge in [0.25, 0.3) is 0 Å². The first-order chi connectivity index (χ1) is 13.1. The molecule has 1 unspecified atom stereocenters. The zero-order chi connectivity index (χ0) is 19.5. The van der Waals surface area contributed by atoms with Crippen molar-refractivity contribution >= 4 is 29.9 Å². The molecule has 2 N–H and O–H groups in total. The number of hydrogen-bond acceptors (Lipinski definition) is 5. The van der Waals surface area contributed by atoms with Crippen LogP contribution in [0.15, 0.2) is 53.8 Å². The molecule has 0 aliphatic carbocycles. The van der Waals surface area contributed by atoms with Gasteiger partial charge in [-0.3, -0.25) is 9.98 Å². The Morgan fingerprint density at radius 2 is 1.82 bits per heavy atom. The Balaban J connectivity index is 0.00000392. The normalized spacial score (nSPS) is 11.9. The summed E-state index contributed by atoms with van der Waals surface area (Å²) in [6.07, 6.45) is 2.66. The molecule has 0 spiro atoms. The number of likely N-dealkylation sites (N-methyl/N-ethyl adjacent to an activating group) is 1.